The molecule has 1 N–H and O–H groups in total. The predicted molar refractivity (Wildman–Crippen MR) is 215 cm³/mol. The number of piperazine rings is 1. The minimum atomic E-state index is -3.95. The van der Waals surface area contributed by atoms with Gasteiger partial charge >= 0.3 is 0 Å². The molecule has 9 nitrogen and oxygen atoms in total. The minimum Gasteiger partial charge on any atom is -0.490 e. The number of allylic oxidation sites excluding steroid dienone is 1. The Bertz CT molecular complexity index is 1860. The van der Waals surface area contributed by atoms with E-state index in [0.29, 0.717) is 37.2 Å². The van der Waals surface area contributed by atoms with E-state index < -0.39 is 26.8 Å². The SMILES string of the molecule is CCO[C@]1(CN2CCN3CCCC[C@@H]3C2)/C=C/C[C@H](C)[C@@H](C)S(=O)(=O)NC(=O)c2ccc3c(c2)N(C[C@@H]2CC[C@H]21)C[C@@]1(CCCc2cc(Cl)ccc21)CO3. The fourth-order valence-corrected chi connectivity index (χ4v) is 12.2. The van der Waals surface area contributed by atoms with Crippen LogP contribution in [0.1, 0.15) is 93.6 Å². The van der Waals surface area contributed by atoms with Gasteiger partial charge in [-0.2, -0.15) is 0 Å². The summed E-state index contributed by atoms with van der Waals surface area (Å²) in [6.07, 6.45) is 14.1. The van der Waals surface area contributed by atoms with Crippen molar-refractivity contribution >= 4 is 33.2 Å². The predicted octanol–water partition coefficient (Wildman–Crippen LogP) is 6.83. The number of nitrogens with zero attached hydrogens (tertiary/aromatic N) is 3. The fraction of sp³-hybridized carbons (Fsp3) is 0.651. The molecule has 2 aromatic rings. The molecule has 3 fully saturated rings. The van der Waals surface area contributed by atoms with E-state index in [1.54, 1.807) is 13.0 Å². The van der Waals surface area contributed by atoms with Gasteiger partial charge < -0.3 is 14.4 Å². The number of hydrogen-bond donors (Lipinski definition) is 1. The third kappa shape index (κ3) is 7.35. The summed E-state index contributed by atoms with van der Waals surface area (Å²) in [6.45, 7) is 13.7. The number of halogens is 1. The molecule has 294 valence electrons. The lowest BCUT2D eigenvalue weighted by atomic mass is 9.63. The molecule has 2 aromatic carbocycles. The Morgan fingerprint density at radius 2 is 1.89 bits per heavy atom. The van der Waals surface area contributed by atoms with E-state index in [9.17, 15) is 13.2 Å². The number of hydrogen-bond acceptors (Lipinski definition) is 8. The van der Waals surface area contributed by atoms with Gasteiger partial charge in [-0.25, -0.2) is 13.1 Å². The van der Waals surface area contributed by atoms with Crippen molar-refractivity contribution in [2.75, 3.05) is 63.9 Å². The number of carbonyl (C=O) groups is 1. The molecule has 0 aromatic heterocycles. The van der Waals surface area contributed by atoms with Gasteiger partial charge in [-0.1, -0.05) is 43.2 Å². The molecular weight excluding hydrogens is 720 g/mol. The zero-order chi connectivity index (χ0) is 37.7. The number of sulfonamides is 1. The zero-order valence-electron chi connectivity index (χ0n) is 32.4. The molecule has 0 radical (unpaired) electrons. The van der Waals surface area contributed by atoms with Crippen molar-refractivity contribution in [1.82, 2.24) is 14.5 Å². The molecule has 4 heterocycles. The van der Waals surface area contributed by atoms with Gasteiger partial charge in [0.2, 0.25) is 10.0 Å². The van der Waals surface area contributed by atoms with E-state index in [1.807, 2.05) is 25.1 Å². The Kier molecular flexibility index (Phi) is 10.9. The van der Waals surface area contributed by atoms with Gasteiger partial charge in [0.25, 0.3) is 5.91 Å². The standard InChI is InChI=1S/C43H59ClN4O5S/c1-4-53-43(28-46-21-22-47-20-6-5-11-36(47)26-46)19-7-9-30(2)31(3)54(50,51)45-41(49)33-13-17-40-39(24-33)48(25-34-12-15-38(34)43)27-42(29-52-40)18-8-10-32-23-35(44)14-16-37(32)42/h7,13-14,16-17,19,23-24,30-31,34,36,38H,4-6,8-12,15,18,20-22,25-29H2,1-3H3,(H,45,49)/b19-7+/t30-,31+,34-,36+,38+,42-,43-/m0/s1. The van der Waals surface area contributed by atoms with Crippen LogP contribution in [0.15, 0.2) is 48.6 Å². The number of fused-ring (bicyclic) bond motifs is 5. The van der Waals surface area contributed by atoms with Crippen LogP contribution in [0.4, 0.5) is 5.69 Å². The quantitative estimate of drug-likeness (QED) is 0.338. The lowest BCUT2D eigenvalue weighted by molar-refractivity contribution is -0.116. The van der Waals surface area contributed by atoms with Crippen LogP contribution in [0.2, 0.25) is 5.02 Å². The van der Waals surface area contributed by atoms with E-state index in [4.69, 9.17) is 21.1 Å². The molecule has 4 aliphatic heterocycles. The number of rotatable bonds is 4. The van der Waals surface area contributed by atoms with Crippen LogP contribution in [-0.4, -0.2) is 100 Å². The van der Waals surface area contributed by atoms with Crippen LogP contribution < -0.4 is 14.4 Å². The van der Waals surface area contributed by atoms with E-state index in [0.717, 1.165) is 87.8 Å². The normalized spacial score (nSPS) is 35.0. The van der Waals surface area contributed by atoms with Crippen molar-refractivity contribution < 1.29 is 22.7 Å². The number of anilines is 1. The monoisotopic (exact) mass is 778 g/mol. The molecule has 2 saturated heterocycles. The van der Waals surface area contributed by atoms with Gasteiger partial charge in [-0.05, 0) is 131 Å². The van der Waals surface area contributed by atoms with Gasteiger partial charge in [0.1, 0.15) is 11.4 Å². The van der Waals surface area contributed by atoms with Crippen LogP contribution >= 0.6 is 11.6 Å². The van der Waals surface area contributed by atoms with Gasteiger partial charge in [0.05, 0.1) is 17.5 Å². The highest BCUT2D eigenvalue weighted by atomic mass is 35.5. The maximum absolute atomic E-state index is 13.7. The largest absolute Gasteiger partial charge is 0.490 e. The van der Waals surface area contributed by atoms with Gasteiger partial charge in [0.15, 0.2) is 0 Å². The smallest absolute Gasteiger partial charge is 0.264 e. The average molecular weight is 779 g/mol. The number of ether oxygens (including phenoxy) is 2. The van der Waals surface area contributed by atoms with Crippen molar-refractivity contribution in [3.63, 3.8) is 0 Å². The Morgan fingerprint density at radius 3 is 2.70 bits per heavy atom. The number of piperidine rings is 1. The topological polar surface area (TPSA) is 91.4 Å². The van der Waals surface area contributed by atoms with Crippen LogP contribution in [0.3, 0.4) is 0 Å². The summed E-state index contributed by atoms with van der Waals surface area (Å²) >= 11 is 6.53. The highest BCUT2D eigenvalue weighted by Crippen LogP contribution is 2.49. The Labute approximate surface area is 327 Å². The number of amides is 1. The molecule has 54 heavy (non-hydrogen) atoms. The van der Waals surface area contributed by atoms with Crippen molar-refractivity contribution in [2.24, 2.45) is 17.8 Å². The summed E-state index contributed by atoms with van der Waals surface area (Å²) in [5, 5.41) is -0.0118. The Balaban J connectivity index is 1.20. The second-order valence-corrected chi connectivity index (χ2v) is 19.8. The summed E-state index contributed by atoms with van der Waals surface area (Å²) in [7, 11) is -3.95. The zero-order valence-corrected chi connectivity index (χ0v) is 34.0. The molecule has 1 saturated carbocycles. The van der Waals surface area contributed by atoms with Gasteiger partial charge in [0, 0.05) is 67.9 Å². The first-order valence-corrected chi connectivity index (χ1v) is 22.6. The van der Waals surface area contributed by atoms with Crippen LogP contribution in [-0.2, 0) is 26.6 Å². The molecule has 1 spiro atoms. The summed E-state index contributed by atoms with van der Waals surface area (Å²) in [5.74, 6) is 0.561. The lowest BCUT2D eigenvalue weighted by Gasteiger charge is -2.53. The maximum atomic E-state index is 13.7. The molecule has 0 unspecified atom stereocenters. The lowest BCUT2D eigenvalue weighted by Crippen LogP contribution is -2.61. The van der Waals surface area contributed by atoms with Gasteiger partial charge in [-0.15, -0.1) is 0 Å². The molecule has 11 heteroatoms. The van der Waals surface area contributed by atoms with Crippen LogP contribution in [0.5, 0.6) is 5.75 Å². The molecule has 2 aliphatic carbocycles. The Hall–Kier alpha value is -2.63. The third-order valence-electron chi connectivity index (χ3n) is 14.0. The first kappa shape index (κ1) is 38.3. The highest BCUT2D eigenvalue weighted by Gasteiger charge is 2.50. The Morgan fingerprint density at radius 1 is 1.02 bits per heavy atom. The summed E-state index contributed by atoms with van der Waals surface area (Å²) in [5.41, 5.74) is 2.99. The average Bonchev–Trinajstić information content (AvgIpc) is 3.29. The number of nitrogens with one attached hydrogen (secondary N) is 1. The van der Waals surface area contributed by atoms with Crippen molar-refractivity contribution in [3.05, 3.63) is 70.3 Å². The number of benzene rings is 2. The summed E-state index contributed by atoms with van der Waals surface area (Å²) in [6, 6.07) is 12.3. The fourth-order valence-electron chi connectivity index (χ4n) is 10.7. The van der Waals surface area contributed by atoms with Crippen molar-refractivity contribution in [3.8, 4) is 5.75 Å². The van der Waals surface area contributed by atoms with Crippen LogP contribution in [0.25, 0.3) is 0 Å². The van der Waals surface area contributed by atoms with E-state index in [-0.39, 0.29) is 17.3 Å². The first-order chi connectivity index (χ1) is 26.0. The first-order valence-electron chi connectivity index (χ1n) is 20.6. The van der Waals surface area contributed by atoms with E-state index >= 15 is 0 Å². The summed E-state index contributed by atoms with van der Waals surface area (Å²) in [4.78, 5) is 21.5. The minimum absolute atomic E-state index is 0.206. The molecule has 8 rings (SSSR count). The second kappa shape index (κ2) is 15.4. The number of carbonyl (C=O) groups excluding carboxylic acids is 1. The second-order valence-electron chi connectivity index (χ2n) is 17.3. The molecule has 2 bridgehead atoms. The maximum Gasteiger partial charge on any atom is 0.264 e. The molecule has 7 atom stereocenters. The number of aryl methyl sites for hydroxylation is 1. The van der Waals surface area contributed by atoms with Crippen molar-refractivity contribution in [1.29, 1.82) is 0 Å². The third-order valence-corrected chi connectivity index (χ3v) is 16.2. The van der Waals surface area contributed by atoms with Gasteiger partial charge in [-0.3, -0.25) is 14.6 Å². The molecule has 6 aliphatic rings. The molecular formula is C43H59ClN4O5S. The van der Waals surface area contributed by atoms with E-state index in [2.05, 4.69) is 50.6 Å². The van der Waals surface area contributed by atoms with E-state index in [1.165, 1.54) is 36.9 Å². The highest BCUT2D eigenvalue weighted by molar-refractivity contribution is 7.90. The summed E-state index contributed by atoms with van der Waals surface area (Å²) < 4.78 is 43.6. The van der Waals surface area contributed by atoms with Crippen LogP contribution in [0, 0.1) is 17.8 Å². The molecule has 1 amide bonds. The van der Waals surface area contributed by atoms with Crippen molar-refractivity contribution in [2.45, 2.75) is 101 Å².